The Bertz CT molecular complexity index is 377. The van der Waals surface area contributed by atoms with E-state index in [0.717, 1.165) is 0 Å². The highest BCUT2D eigenvalue weighted by Gasteiger charge is 2.57. The van der Waals surface area contributed by atoms with Crippen LogP contribution >= 0.6 is 0 Å². The molecule has 1 aromatic rings. The van der Waals surface area contributed by atoms with Gasteiger partial charge >= 0.3 is 12.1 Å². The van der Waals surface area contributed by atoms with Gasteiger partial charge in [-0.3, -0.25) is 0 Å². The van der Waals surface area contributed by atoms with Crippen molar-refractivity contribution in [3.05, 3.63) is 35.9 Å². The second-order valence-corrected chi connectivity index (χ2v) is 3.97. The molecular formula is C12H13F5O2. The number of hydrogen-bond donors (Lipinski definition) is 1. The van der Waals surface area contributed by atoms with Crippen LogP contribution in [0.1, 0.15) is 18.1 Å². The first-order valence-corrected chi connectivity index (χ1v) is 5.49. The third-order valence-electron chi connectivity index (χ3n) is 2.42. The summed E-state index contributed by atoms with van der Waals surface area (Å²) in [6.07, 6.45) is -6.64. The minimum absolute atomic E-state index is 0.0576. The van der Waals surface area contributed by atoms with Gasteiger partial charge in [0, 0.05) is 13.0 Å². The van der Waals surface area contributed by atoms with Gasteiger partial charge in [-0.05, 0) is 5.56 Å². The second-order valence-electron chi connectivity index (χ2n) is 3.97. The zero-order chi connectivity index (χ0) is 14.5. The first kappa shape index (κ1) is 15.8. The first-order valence-electron chi connectivity index (χ1n) is 5.49. The van der Waals surface area contributed by atoms with Crippen LogP contribution in [0.5, 0.6) is 0 Å². The molecule has 1 atom stereocenters. The third-order valence-corrected chi connectivity index (χ3v) is 2.42. The second kappa shape index (κ2) is 6.29. The van der Waals surface area contributed by atoms with Gasteiger partial charge in [0.05, 0.1) is 6.10 Å². The number of aliphatic hydroxyl groups excluding tert-OH is 1. The Hall–Kier alpha value is -1.21. The molecule has 0 amide bonds. The molecule has 0 bridgehead atoms. The van der Waals surface area contributed by atoms with Crippen molar-refractivity contribution < 1.29 is 31.8 Å². The number of rotatable bonds is 6. The number of aliphatic hydroxyl groups is 1. The lowest BCUT2D eigenvalue weighted by Crippen LogP contribution is -2.40. The molecule has 0 aromatic heterocycles. The number of alkyl halides is 5. The smallest absolute Gasteiger partial charge is 0.388 e. The standard InChI is InChI=1S/C12H13F5O2/c13-11(14,12(15,16)17)8-19-7-6-10(18)9-4-2-1-3-5-9/h1-5,10,18H,6-8H2. The van der Waals surface area contributed by atoms with Gasteiger partial charge in [0.2, 0.25) is 0 Å². The fraction of sp³-hybridized carbons (Fsp3) is 0.500. The van der Waals surface area contributed by atoms with Gasteiger partial charge in [0.25, 0.3) is 0 Å². The number of ether oxygens (including phenoxy) is 1. The Kier molecular flexibility index (Phi) is 5.25. The molecule has 0 saturated carbocycles. The molecule has 1 unspecified atom stereocenters. The van der Waals surface area contributed by atoms with E-state index in [-0.39, 0.29) is 13.0 Å². The van der Waals surface area contributed by atoms with Crippen LogP contribution in [0.2, 0.25) is 0 Å². The molecule has 1 rings (SSSR count). The van der Waals surface area contributed by atoms with E-state index in [1.165, 1.54) is 0 Å². The lowest BCUT2D eigenvalue weighted by molar-refractivity contribution is -0.296. The van der Waals surface area contributed by atoms with Crippen molar-refractivity contribution in [1.29, 1.82) is 0 Å². The van der Waals surface area contributed by atoms with E-state index in [4.69, 9.17) is 0 Å². The van der Waals surface area contributed by atoms with E-state index >= 15 is 0 Å². The monoisotopic (exact) mass is 284 g/mol. The van der Waals surface area contributed by atoms with E-state index in [0.29, 0.717) is 5.56 Å². The van der Waals surface area contributed by atoms with Crippen LogP contribution in [-0.2, 0) is 4.74 Å². The minimum Gasteiger partial charge on any atom is -0.388 e. The average molecular weight is 284 g/mol. The van der Waals surface area contributed by atoms with Gasteiger partial charge in [-0.15, -0.1) is 0 Å². The molecule has 0 saturated heterocycles. The molecule has 1 N–H and O–H groups in total. The summed E-state index contributed by atoms with van der Waals surface area (Å²) >= 11 is 0. The molecule has 19 heavy (non-hydrogen) atoms. The van der Waals surface area contributed by atoms with E-state index < -0.39 is 24.8 Å². The van der Waals surface area contributed by atoms with E-state index in [9.17, 15) is 27.1 Å². The van der Waals surface area contributed by atoms with Crippen LogP contribution < -0.4 is 0 Å². The fourth-order valence-corrected chi connectivity index (χ4v) is 1.32. The summed E-state index contributed by atoms with van der Waals surface area (Å²) in [4.78, 5) is 0. The molecule has 0 heterocycles. The van der Waals surface area contributed by atoms with Gasteiger partial charge in [0.15, 0.2) is 0 Å². The molecule has 0 spiro atoms. The van der Waals surface area contributed by atoms with Gasteiger partial charge in [-0.1, -0.05) is 30.3 Å². The van der Waals surface area contributed by atoms with Crippen molar-refractivity contribution in [2.24, 2.45) is 0 Å². The Labute approximate surface area is 106 Å². The van der Waals surface area contributed by atoms with E-state index in [1.807, 2.05) is 0 Å². The highest BCUT2D eigenvalue weighted by molar-refractivity contribution is 5.16. The molecule has 108 valence electrons. The highest BCUT2D eigenvalue weighted by atomic mass is 19.4. The summed E-state index contributed by atoms with van der Waals surface area (Å²) < 4.78 is 64.6. The first-order chi connectivity index (χ1) is 8.74. The Morgan fingerprint density at radius 3 is 2.16 bits per heavy atom. The largest absolute Gasteiger partial charge is 0.455 e. The van der Waals surface area contributed by atoms with Crippen LogP contribution in [0.4, 0.5) is 22.0 Å². The topological polar surface area (TPSA) is 29.5 Å². The van der Waals surface area contributed by atoms with Crippen LogP contribution in [-0.4, -0.2) is 30.4 Å². The molecule has 2 nitrogen and oxygen atoms in total. The SMILES string of the molecule is OC(CCOCC(F)(F)C(F)(F)F)c1ccccc1. The summed E-state index contributed by atoms with van der Waals surface area (Å²) in [5, 5.41) is 9.62. The summed E-state index contributed by atoms with van der Waals surface area (Å²) in [5.41, 5.74) is 0.550. The number of halogens is 5. The maximum atomic E-state index is 12.5. The maximum Gasteiger partial charge on any atom is 0.455 e. The number of benzene rings is 1. The molecule has 0 aliphatic heterocycles. The summed E-state index contributed by atoms with van der Waals surface area (Å²) in [5.74, 6) is -4.87. The molecule has 0 fully saturated rings. The van der Waals surface area contributed by atoms with Crippen molar-refractivity contribution in [1.82, 2.24) is 0 Å². The van der Waals surface area contributed by atoms with Crippen molar-refractivity contribution in [2.45, 2.75) is 24.6 Å². The number of hydrogen-bond acceptors (Lipinski definition) is 2. The highest BCUT2D eigenvalue weighted by Crippen LogP contribution is 2.35. The lowest BCUT2D eigenvalue weighted by atomic mass is 10.1. The van der Waals surface area contributed by atoms with E-state index in [2.05, 4.69) is 4.74 Å². The third kappa shape index (κ3) is 4.76. The van der Waals surface area contributed by atoms with Crippen LogP contribution in [0, 0.1) is 0 Å². The van der Waals surface area contributed by atoms with Crippen molar-refractivity contribution in [2.75, 3.05) is 13.2 Å². The summed E-state index contributed by atoms with van der Waals surface area (Å²) in [6.45, 7) is -2.13. The molecule has 7 heteroatoms. The molecule has 1 aromatic carbocycles. The van der Waals surface area contributed by atoms with Crippen molar-refractivity contribution in [3.63, 3.8) is 0 Å². The van der Waals surface area contributed by atoms with Gasteiger partial charge in [-0.25, -0.2) is 0 Å². The molecular weight excluding hydrogens is 271 g/mol. The van der Waals surface area contributed by atoms with Crippen molar-refractivity contribution in [3.8, 4) is 0 Å². The predicted molar refractivity (Wildman–Crippen MR) is 57.8 cm³/mol. The zero-order valence-corrected chi connectivity index (χ0v) is 9.83. The van der Waals surface area contributed by atoms with Crippen LogP contribution in [0.3, 0.4) is 0 Å². The molecule has 0 aliphatic carbocycles. The quantitative estimate of drug-likeness (QED) is 0.641. The van der Waals surface area contributed by atoms with Gasteiger partial charge in [0.1, 0.15) is 6.61 Å². The van der Waals surface area contributed by atoms with E-state index in [1.54, 1.807) is 30.3 Å². The Balaban J connectivity index is 2.32. The van der Waals surface area contributed by atoms with Crippen molar-refractivity contribution >= 4 is 0 Å². The Morgan fingerprint density at radius 1 is 1.05 bits per heavy atom. The molecule has 0 radical (unpaired) electrons. The van der Waals surface area contributed by atoms with Gasteiger partial charge in [-0.2, -0.15) is 22.0 Å². The summed E-state index contributed by atoms with van der Waals surface area (Å²) in [6, 6.07) is 8.33. The lowest BCUT2D eigenvalue weighted by Gasteiger charge is -2.19. The zero-order valence-electron chi connectivity index (χ0n) is 9.83. The molecule has 0 aliphatic rings. The Morgan fingerprint density at radius 2 is 1.63 bits per heavy atom. The normalized spacial score (nSPS) is 14.4. The average Bonchev–Trinajstić information content (AvgIpc) is 2.34. The van der Waals surface area contributed by atoms with Gasteiger partial charge < -0.3 is 9.84 Å². The van der Waals surface area contributed by atoms with Crippen LogP contribution in [0.25, 0.3) is 0 Å². The summed E-state index contributed by atoms with van der Waals surface area (Å²) in [7, 11) is 0. The van der Waals surface area contributed by atoms with Crippen LogP contribution in [0.15, 0.2) is 30.3 Å². The fourth-order valence-electron chi connectivity index (χ4n) is 1.32. The minimum atomic E-state index is -5.62. The maximum absolute atomic E-state index is 12.5. The predicted octanol–water partition coefficient (Wildman–Crippen LogP) is 3.32.